The Bertz CT molecular complexity index is 957. The predicted molar refractivity (Wildman–Crippen MR) is 90.9 cm³/mol. The first-order valence-corrected chi connectivity index (χ1v) is 8.85. The molecular formula is C16H18F3N5OS. The Morgan fingerprint density at radius 1 is 1.27 bits per heavy atom. The monoisotopic (exact) mass is 385 g/mol. The lowest BCUT2D eigenvalue weighted by Gasteiger charge is -2.09. The number of halogens is 3. The number of benzene rings is 1. The van der Waals surface area contributed by atoms with E-state index in [0.717, 1.165) is 23.5 Å². The zero-order valence-corrected chi connectivity index (χ0v) is 15.1. The van der Waals surface area contributed by atoms with Gasteiger partial charge in [0.15, 0.2) is 4.80 Å². The highest BCUT2D eigenvalue weighted by Gasteiger charge is 2.31. The number of aryl methyl sites for hydroxylation is 2. The SMILES string of the molecule is CC(C)Cc1cn(CCn2c(=N)sc3cc(OC(F)(F)F)ccc32)nn1. The molecule has 0 aliphatic rings. The van der Waals surface area contributed by atoms with Crippen molar-refractivity contribution in [3.8, 4) is 5.75 Å². The maximum absolute atomic E-state index is 12.3. The maximum Gasteiger partial charge on any atom is 0.573 e. The molecule has 0 amide bonds. The van der Waals surface area contributed by atoms with E-state index in [1.54, 1.807) is 9.25 Å². The van der Waals surface area contributed by atoms with Crippen LogP contribution in [0.1, 0.15) is 19.5 Å². The van der Waals surface area contributed by atoms with E-state index in [1.807, 2.05) is 6.20 Å². The van der Waals surface area contributed by atoms with Crippen molar-refractivity contribution in [1.29, 1.82) is 5.41 Å². The molecule has 3 aromatic rings. The second-order valence-electron chi connectivity index (χ2n) is 6.31. The fraction of sp³-hybridized carbons (Fsp3) is 0.438. The molecule has 1 N–H and O–H groups in total. The molecule has 0 fully saturated rings. The Hall–Kier alpha value is -2.36. The summed E-state index contributed by atoms with van der Waals surface area (Å²) in [6, 6.07) is 4.10. The maximum atomic E-state index is 12.3. The largest absolute Gasteiger partial charge is 0.573 e. The molecule has 0 unspecified atom stereocenters. The summed E-state index contributed by atoms with van der Waals surface area (Å²) in [6.45, 7) is 5.21. The van der Waals surface area contributed by atoms with Crippen LogP contribution < -0.4 is 9.54 Å². The highest BCUT2D eigenvalue weighted by atomic mass is 32.1. The average molecular weight is 385 g/mol. The molecule has 0 aliphatic heterocycles. The molecule has 3 rings (SSSR count). The van der Waals surface area contributed by atoms with Crippen molar-refractivity contribution in [2.75, 3.05) is 0 Å². The summed E-state index contributed by atoms with van der Waals surface area (Å²) >= 11 is 1.10. The molecule has 0 radical (unpaired) electrons. The Morgan fingerprint density at radius 2 is 2.04 bits per heavy atom. The number of rotatable bonds is 6. The van der Waals surface area contributed by atoms with E-state index in [0.29, 0.717) is 29.2 Å². The molecule has 2 heterocycles. The Morgan fingerprint density at radius 3 is 2.73 bits per heavy atom. The highest BCUT2D eigenvalue weighted by molar-refractivity contribution is 7.16. The normalized spacial score (nSPS) is 12.2. The molecule has 0 atom stereocenters. The van der Waals surface area contributed by atoms with Crippen molar-refractivity contribution in [2.24, 2.45) is 5.92 Å². The van der Waals surface area contributed by atoms with E-state index in [4.69, 9.17) is 5.41 Å². The first-order valence-electron chi connectivity index (χ1n) is 8.04. The van der Waals surface area contributed by atoms with E-state index in [-0.39, 0.29) is 10.6 Å². The van der Waals surface area contributed by atoms with E-state index < -0.39 is 6.36 Å². The zero-order chi connectivity index (χ0) is 18.9. The van der Waals surface area contributed by atoms with Crippen molar-refractivity contribution in [1.82, 2.24) is 19.6 Å². The first kappa shape index (κ1) is 18.4. The molecular weight excluding hydrogens is 367 g/mol. The number of nitrogens with one attached hydrogen (secondary N) is 1. The summed E-state index contributed by atoms with van der Waals surface area (Å²) in [7, 11) is 0. The van der Waals surface area contributed by atoms with E-state index in [9.17, 15) is 13.2 Å². The number of ether oxygens (including phenoxy) is 1. The first-order chi connectivity index (χ1) is 12.2. The summed E-state index contributed by atoms with van der Waals surface area (Å²) < 4.78 is 45.0. The van der Waals surface area contributed by atoms with Gasteiger partial charge in [-0.25, -0.2) is 0 Å². The topological polar surface area (TPSA) is 68.7 Å². The van der Waals surface area contributed by atoms with Gasteiger partial charge in [0, 0.05) is 12.7 Å². The van der Waals surface area contributed by atoms with Crippen molar-refractivity contribution in [3.05, 3.63) is 34.9 Å². The second kappa shape index (κ2) is 7.10. The smallest absolute Gasteiger partial charge is 0.406 e. The van der Waals surface area contributed by atoms with Gasteiger partial charge in [-0.05, 0) is 30.5 Å². The van der Waals surface area contributed by atoms with Crippen LogP contribution in [0.15, 0.2) is 24.4 Å². The molecule has 0 saturated heterocycles. The van der Waals surface area contributed by atoms with Gasteiger partial charge in [-0.2, -0.15) is 0 Å². The molecule has 0 saturated carbocycles. The molecule has 1 aromatic carbocycles. The van der Waals surface area contributed by atoms with Crippen molar-refractivity contribution >= 4 is 21.6 Å². The summed E-state index contributed by atoms with van der Waals surface area (Å²) in [6.07, 6.45) is -2.00. The molecule has 140 valence electrons. The predicted octanol–water partition coefficient (Wildman–Crippen LogP) is 3.57. The number of alkyl halides is 3. The lowest BCUT2D eigenvalue weighted by molar-refractivity contribution is -0.274. The van der Waals surface area contributed by atoms with Gasteiger partial charge in [0.05, 0.1) is 22.5 Å². The third-order valence-corrected chi connectivity index (χ3v) is 4.62. The van der Waals surface area contributed by atoms with Gasteiger partial charge >= 0.3 is 6.36 Å². The average Bonchev–Trinajstić information content (AvgIpc) is 3.06. The second-order valence-corrected chi connectivity index (χ2v) is 7.34. The van der Waals surface area contributed by atoms with Gasteiger partial charge in [-0.3, -0.25) is 10.1 Å². The van der Waals surface area contributed by atoms with Gasteiger partial charge in [0.1, 0.15) is 5.75 Å². The molecule has 0 bridgehead atoms. The summed E-state index contributed by atoms with van der Waals surface area (Å²) in [5.41, 5.74) is 1.61. The number of hydrogen-bond donors (Lipinski definition) is 1. The Balaban J connectivity index is 1.76. The highest BCUT2D eigenvalue weighted by Crippen LogP contribution is 2.27. The van der Waals surface area contributed by atoms with Gasteiger partial charge in [0.25, 0.3) is 0 Å². The molecule has 10 heteroatoms. The van der Waals surface area contributed by atoms with Crippen LogP contribution in [0.25, 0.3) is 10.2 Å². The van der Waals surface area contributed by atoms with Crippen LogP contribution in [0, 0.1) is 11.3 Å². The van der Waals surface area contributed by atoms with E-state index in [1.165, 1.54) is 18.2 Å². The Kier molecular flexibility index (Phi) is 5.03. The minimum atomic E-state index is -4.73. The van der Waals surface area contributed by atoms with Crippen LogP contribution in [0.2, 0.25) is 0 Å². The summed E-state index contributed by atoms with van der Waals surface area (Å²) in [5.74, 6) is 0.205. The molecule has 2 aromatic heterocycles. The zero-order valence-electron chi connectivity index (χ0n) is 14.2. The summed E-state index contributed by atoms with van der Waals surface area (Å²) in [5, 5.41) is 16.3. The number of thiazole rings is 1. The molecule has 26 heavy (non-hydrogen) atoms. The third-order valence-electron chi connectivity index (χ3n) is 3.66. The number of nitrogens with zero attached hydrogens (tertiary/aromatic N) is 4. The number of fused-ring (bicyclic) bond motifs is 1. The van der Waals surface area contributed by atoms with Crippen molar-refractivity contribution < 1.29 is 17.9 Å². The minimum absolute atomic E-state index is 0.256. The van der Waals surface area contributed by atoms with Gasteiger partial charge < -0.3 is 9.30 Å². The fourth-order valence-electron chi connectivity index (χ4n) is 2.65. The minimum Gasteiger partial charge on any atom is -0.406 e. The van der Waals surface area contributed by atoms with Gasteiger partial charge in [0.2, 0.25) is 0 Å². The molecule has 0 aliphatic carbocycles. The number of hydrogen-bond acceptors (Lipinski definition) is 5. The van der Waals surface area contributed by atoms with Crippen LogP contribution in [0.5, 0.6) is 5.75 Å². The Labute approximate surface area is 151 Å². The molecule has 6 nitrogen and oxygen atoms in total. The summed E-state index contributed by atoms with van der Waals surface area (Å²) in [4.78, 5) is 0.256. The van der Waals surface area contributed by atoms with Crippen LogP contribution >= 0.6 is 11.3 Å². The van der Waals surface area contributed by atoms with Crippen molar-refractivity contribution in [3.63, 3.8) is 0 Å². The quantitative estimate of drug-likeness (QED) is 0.705. The standard InChI is InChI=1S/C16H18F3N5OS/c1-10(2)7-11-9-23(22-21-11)5-6-24-13-4-3-12(25-16(17,18)19)8-14(13)26-15(24)20/h3-4,8-10,20H,5-7H2,1-2H3. The third kappa shape index (κ3) is 4.43. The molecule has 0 spiro atoms. The van der Waals surface area contributed by atoms with Crippen LogP contribution in [-0.4, -0.2) is 25.9 Å². The van der Waals surface area contributed by atoms with Crippen molar-refractivity contribution in [2.45, 2.75) is 39.7 Å². The van der Waals surface area contributed by atoms with Crippen LogP contribution in [0.4, 0.5) is 13.2 Å². The van der Waals surface area contributed by atoms with Crippen LogP contribution in [0.3, 0.4) is 0 Å². The van der Waals surface area contributed by atoms with Crippen LogP contribution in [-0.2, 0) is 19.5 Å². The number of aromatic nitrogens is 4. The van der Waals surface area contributed by atoms with Gasteiger partial charge in [-0.15, -0.1) is 18.3 Å². The fourth-order valence-corrected chi connectivity index (χ4v) is 3.62. The lowest BCUT2D eigenvalue weighted by Crippen LogP contribution is -2.17. The van der Waals surface area contributed by atoms with Gasteiger partial charge in [-0.1, -0.05) is 30.4 Å². The van der Waals surface area contributed by atoms with E-state index >= 15 is 0 Å². The lowest BCUT2D eigenvalue weighted by atomic mass is 10.1. The van der Waals surface area contributed by atoms with E-state index in [2.05, 4.69) is 28.9 Å².